The van der Waals surface area contributed by atoms with Gasteiger partial charge in [0.05, 0.1) is 5.92 Å². The third-order valence-electron chi connectivity index (χ3n) is 3.50. The number of carboxylic acid groups (broad SMARTS) is 1. The van der Waals surface area contributed by atoms with Crippen LogP contribution in [0, 0.1) is 5.92 Å². The monoisotopic (exact) mass is 270 g/mol. The van der Waals surface area contributed by atoms with Crippen molar-refractivity contribution in [3.8, 4) is 0 Å². The van der Waals surface area contributed by atoms with E-state index in [1.54, 1.807) is 18.9 Å². The van der Waals surface area contributed by atoms with Crippen molar-refractivity contribution in [3.05, 3.63) is 0 Å². The molecule has 6 heteroatoms. The molecule has 0 aromatic heterocycles. The number of hydrogen-bond donors (Lipinski definition) is 1. The van der Waals surface area contributed by atoms with Gasteiger partial charge in [-0.15, -0.1) is 0 Å². The lowest BCUT2D eigenvalue weighted by Crippen LogP contribution is -2.49. The summed E-state index contributed by atoms with van der Waals surface area (Å²) in [6.07, 6.45) is 1.84. The number of rotatable bonds is 6. The third kappa shape index (κ3) is 3.68. The lowest BCUT2D eigenvalue weighted by Gasteiger charge is -2.30. The topological polar surface area (TPSA) is 77.9 Å². The highest BCUT2D eigenvalue weighted by molar-refractivity contribution is 5.88. The molecule has 2 unspecified atom stereocenters. The highest BCUT2D eigenvalue weighted by Gasteiger charge is 2.33. The zero-order valence-corrected chi connectivity index (χ0v) is 11.8. The Morgan fingerprint density at radius 1 is 1.47 bits per heavy atom. The molecule has 0 aromatic rings. The predicted molar refractivity (Wildman–Crippen MR) is 69.5 cm³/mol. The highest BCUT2D eigenvalue weighted by atomic mass is 16.4. The Kier molecular flexibility index (Phi) is 5.32. The van der Waals surface area contributed by atoms with Crippen LogP contribution in [-0.2, 0) is 14.4 Å². The van der Waals surface area contributed by atoms with E-state index in [2.05, 4.69) is 0 Å². The van der Waals surface area contributed by atoms with Gasteiger partial charge < -0.3 is 14.9 Å². The fourth-order valence-electron chi connectivity index (χ4n) is 2.36. The number of carbonyl (C=O) groups excluding carboxylic acids is 2. The minimum atomic E-state index is -0.926. The van der Waals surface area contributed by atoms with E-state index in [0.717, 1.165) is 6.42 Å². The Bertz CT molecular complexity index is 370. The van der Waals surface area contributed by atoms with Crippen LogP contribution in [0.2, 0.25) is 0 Å². The van der Waals surface area contributed by atoms with Gasteiger partial charge in [-0.25, -0.2) is 0 Å². The Morgan fingerprint density at radius 3 is 2.53 bits per heavy atom. The van der Waals surface area contributed by atoms with Gasteiger partial charge in [-0.3, -0.25) is 14.4 Å². The van der Waals surface area contributed by atoms with Crippen LogP contribution >= 0.6 is 0 Å². The standard InChI is InChI=1S/C13H22N2O4/c1-4-10(15-7-5-6-11(15)16)12(17)14(3)8-9(2)13(18)19/h9-10H,4-8H2,1-3H3,(H,18,19). The average Bonchev–Trinajstić information content (AvgIpc) is 2.76. The molecule has 0 aliphatic carbocycles. The van der Waals surface area contributed by atoms with Crippen LogP contribution in [0.4, 0.5) is 0 Å². The molecule has 108 valence electrons. The van der Waals surface area contributed by atoms with Crippen molar-refractivity contribution in [1.29, 1.82) is 0 Å². The van der Waals surface area contributed by atoms with Gasteiger partial charge in [-0.2, -0.15) is 0 Å². The molecule has 0 spiro atoms. The summed E-state index contributed by atoms with van der Waals surface area (Å²) < 4.78 is 0. The van der Waals surface area contributed by atoms with Crippen molar-refractivity contribution in [2.24, 2.45) is 5.92 Å². The van der Waals surface area contributed by atoms with E-state index in [1.165, 1.54) is 4.90 Å². The molecule has 1 heterocycles. The largest absolute Gasteiger partial charge is 0.481 e. The molecule has 0 radical (unpaired) electrons. The second-order valence-electron chi connectivity index (χ2n) is 5.07. The molecule has 1 aliphatic rings. The van der Waals surface area contributed by atoms with Crippen LogP contribution in [0.25, 0.3) is 0 Å². The molecule has 1 aliphatic heterocycles. The summed E-state index contributed by atoms with van der Waals surface area (Å²) in [6, 6.07) is -0.457. The fraction of sp³-hybridized carbons (Fsp3) is 0.769. The number of likely N-dealkylation sites (N-methyl/N-ethyl adjacent to an activating group) is 1. The summed E-state index contributed by atoms with van der Waals surface area (Å²) in [4.78, 5) is 37.8. The summed E-state index contributed by atoms with van der Waals surface area (Å²) in [7, 11) is 1.59. The van der Waals surface area contributed by atoms with Crippen molar-refractivity contribution in [1.82, 2.24) is 9.80 Å². The van der Waals surface area contributed by atoms with Crippen molar-refractivity contribution in [3.63, 3.8) is 0 Å². The quantitative estimate of drug-likeness (QED) is 0.765. The number of hydrogen-bond acceptors (Lipinski definition) is 3. The molecule has 2 amide bonds. The van der Waals surface area contributed by atoms with Crippen molar-refractivity contribution in [2.75, 3.05) is 20.1 Å². The minimum absolute atomic E-state index is 0.0138. The van der Waals surface area contributed by atoms with E-state index in [4.69, 9.17) is 5.11 Å². The number of carbonyl (C=O) groups is 3. The molecular formula is C13H22N2O4. The van der Waals surface area contributed by atoms with Gasteiger partial charge in [-0.05, 0) is 12.8 Å². The second-order valence-corrected chi connectivity index (χ2v) is 5.07. The molecule has 0 bridgehead atoms. The molecular weight excluding hydrogens is 248 g/mol. The molecule has 1 saturated heterocycles. The summed E-state index contributed by atoms with van der Waals surface area (Å²) >= 11 is 0. The number of aliphatic carboxylic acids is 1. The van der Waals surface area contributed by atoms with Gasteiger partial charge in [0.25, 0.3) is 0 Å². The zero-order chi connectivity index (χ0) is 14.6. The van der Waals surface area contributed by atoms with Crippen molar-refractivity contribution < 1.29 is 19.5 Å². The summed E-state index contributed by atoms with van der Waals surface area (Å²) in [6.45, 7) is 4.20. The Morgan fingerprint density at radius 2 is 2.11 bits per heavy atom. The summed E-state index contributed by atoms with van der Waals surface area (Å²) in [5, 5.41) is 8.86. The molecule has 0 saturated carbocycles. The van der Waals surface area contributed by atoms with Crippen molar-refractivity contribution in [2.45, 2.75) is 39.2 Å². The van der Waals surface area contributed by atoms with Gasteiger partial charge >= 0.3 is 5.97 Å². The Labute approximate surface area is 113 Å². The first-order valence-corrected chi connectivity index (χ1v) is 6.65. The van der Waals surface area contributed by atoms with E-state index in [1.807, 2.05) is 6.92 Å². The SMILES string of the molecule is CCC(C(=O)N(C)CC(C)C(=O)O)N1CCCC1=O. The molecule has 1 rings (SSSR count). The van der Waals surface area contributed by atoms with E-state index in [0.29, 0.717) is 19.4 Å². The normalized spacial score (nSPS) is 18.3. The molecule has 19 heavy (non-hydrogen) atoms. The van der Waals surface area contributed by atoms with Crippen LogP contribution in [0.3, 0.4) is 0 Å². The second kappa shape index (κ2) is 6.54. The van der Waals surface area contributed by atoms with Gasteiger partial charge in [0.15, 0.2) is 0 Å². The minimum Gasteiger partial charge on any atom is -0.481 e. The van der Waals surface area contributed by atoms with Gasteiger partial charge in [0, 0.05) is 26.6 Å². The summed E-state index contributed by atoms with van der Waals surface area (Å²) in [5.74, 6) is -1.70. The van der Waals surface area contributed by atoms with Crippen LogP contribution in [-0.4, -0.2) is 58.9 Å². The van der Waals surface area contributed by atoms with Crippen LogP contribution in [0.15, 0.2) is 0 Å². The molecule has 6 nitrogen and oxygen atoms in total. The smallest absolute Gasteiger partial charge is 0.308 e. The Hall–Kier alpha value is -1.59. The van der Waals surface area contributed by atoms with E-state index < -0.39 is 17.9 Å². The molecule has 1 fully saturated rings. The van der Waals surface area contributed by atoms with Gasteiger partial charge in [0.1, 0.15) is 6.04 Å². The maximum absolute atomic E-state index is 12.3. The predicted octanol–water partition coefficient (Wildman–Crippen LogP) is 0.566. The van der Waals surface area contributed by atoms with Crippen LogP contribution in [0.5, 0.6) is 0 Å². The molecule has 2 atom stereocenters. The fourth-order valence-corrected chi connectivity index (χ4v) is 2.36. The highest BCUT2D eigenvalue weighted by Crippen LogP contribution is 2.17. The summed E-state index contributed by atoms with van der Waals surface area (Å²) in [5.41, 5.74) is 0. The van der Waals surface area contributed by atoms with Gasteiger partial charge in [-0.1, -0.05) is 13.8 Å². The van der Waals surface area contributed by atoms with Crippen LogP contribution in [0.1, 0.15) is 33.1 Å². The van der Waals surface area contributed by atoms with Crippen LogP contribution < -0.4 is 0 Å². The van der Waals surface area contributed by atoms with Crippen molar-refractivity contribution >= 4 is 17.8 Å². The van der Waals surface area contributed by atoms with E-state index >= 15 is 0 Å². The van der Waals surface area contributed by atoms with E-state index in [9.17, 15) is 14.4 Å². The molecule has 0 aromatic carbocycles. The first-order chi connectivity index (χ1) is 8.88. The number of amides is 2. The average molecular weight is 270 g/mol. The number of likely N-dealkylation sites (tertiary alicyclic amines) is 1. The third-order valence-corrected chi connectivity index (χ3v) is 3.50. The Balaban J connectivity index is 2.67. The maximum Gasteiger partial charge on any atom is 0.308 e. The first kappa shape index (κ1) is 15.5. The first-order valence-electron chi connectivity index (χ1n) is 6.65. The van der Waals surface area contributed by atoms with E-state index in [-0.39, 0.29) is 18.4 Å². The lowest BCUT2D eigenvalue weighted by molar-refractivity contribution is -0.146. The number of carboxylic acids is 1. The maximum atomic E-state index is 12.3. The zero-order valence-electron chi connectivity index (χ0n) is 11.8. The molecule has 1 N–H and O–H groups in total. The van der Waals surface area contributed by atoms with Gasteiger partial charge in [0.2, 0.25) is 11.8 Å². The lowest BCUT2D eigenvalue weighted by atomic mass is 10.1. The number of nitrogens with zero attached hydrogens (tertiary/aromatic N) is 2.